The number of hydrogen-bond donors (Lipinski definition) is 1. The predicted molar refractivity (Wildman–Crippen MR) is 63.7 cm³/mol. The van der Waals surface area contributed by atoms with Gasteiger partial charge in [-0.2, -0.15) is 0 Å². The fraction of sp³-hybridized carbons (Fsp3) is 0.636. The third-order valence-corrected chi connectivity index (χ3v) is 3.21. The highest BCUT2D eigenvalue weighted by atomic mass is 35.5. The van der Waals surface area contributed by atoms with Gasteiger partial charge in [-0.05, 0) is 12.8 Å². The van der Waals surface area contributed by atoms with Crippen molar-refractivity contribution in [2.75, 3.05) is 18.5 Å². The van der Waals surface area contributed by atoms with E-state index in [0.717, 1.165) is 26.0 Å². The van der Waals surface area contributed by atoms with Crippen LogP contribution in [0, 0.1) is 5.92 Å². The molecular weight excluding hydrogens is 226 g/mol. The second-order valence-electron chi connectivity index (χ2n) is 3.94. The molecule has 1 aliphatic heterocycles. The van der Waals surface area contributed by atoms with Gasteiger partial charge in [-0.15, -0.1) is 0 Å². The minimum Gasteiger partial charge on any atom is -0.378 e. The largest absolute Gasteiger partial charge is 0.378 e. The van der Waals surface area contributed by atoms with Gasteiger partial charge < -0.3 is 10.1 Å². The van der Waals surface area contributed by atoms with Crippen molar-refractivity contribution in [2.24, 2.45) is 5.92 Å². The number of nitrogens with zero attached hydrogens (tertiary/aromatic N) is 2. The van der Waals surface area contributed by atoms with E-state index in [1.807, 2.05) is 0 Å². The van der Waals surface area contributed by atoms with E-state index in [-0.39, 0.29) is 0 Å². The Kier molecular flexibility index (Phi) is 3.96. The zero-order chi connectivity index (χ0) is 11.4. The van der Waals surface area contributed by atoms with Crippen LogP contribution in [0.2, 0.25) is 5.15 Å². The summed E-state index contributed by atoms with van der Waals surface area (Å²) in [5.74, 6) is 1.20. The number of nitrogens with one attached hydrogen (secondary N) is 1. The van der Waals surface area contributed by atoms with E-state index in [2.05, 4.69) is 22.2 Å². The van der Waals surface area contributed by atoms with Crippen molar-refractivity contribution >= 4 is 17.4 Å². The molecule has 0 radical (unpaired) electrons. The van der Waals surface area contributed by atoms with Crippen LogP contribution in [0.1, 0.15) is 19.8 Å². The van der Waals surface area contributed by atoms with Gasteiger partial charge in [0.15, 0.2) is 11.0 Å². The van der Waals surface area contributed by atoms with Crippen molar-refractivity contribution in [3.63, 3.8) is 0 Å². The molecular formula is C11H16ClN3O. The molecule has 0 amide bonds. The van der Waals surface area contributed by atoms with E-state index in [4.69, 9.17) is 16.3 Å². The first-order chi connectivity index (χ1) is 7.81. The Balaban J connectivity index is 1.90. The van der Waals surface area contributed by atoms with Crippen LogP contribution in [0.5, 0.6) is 0 Å². The second-order valence-corrected chi connectivity index (χ2v) is 4.30. The maximum absolute atomic E-state index is 5.91. The van der Waals surface area contributed by atoms with Crippen molar-refractivity contribution in [1.29, 1.82) is 0 Å². The number of hydrogen-bond acceptors (Lipinski definition) is 4. The summed E-state index contributed by atoms with van der Waals surface area (Å²) in [5, 5.41) is 3.66. The average molecular weight is 242 g/mol. The Labute approximate surface area is 100 Å². The van der Waals surface area contributed by atoms with Crippen LogP contribution < -0.4 is 5.32 Å². The summed E-state index contributed by atoms with van der Waals surface area (Å²) in [4.78, 5) is 8.12. The van der Waals surface area contributed by atoms with Gasteiger partial charge in [0.2, 0.25) is 0 Å². The molecule has 2 heterocycles. The molecule has 1 aliphatic rings. The standard InChI is InChI=1S/C11H16ClN3O/c1-2-9-8(3-6-16-9)7-15-11-10(12)13-4-5-14-11/h4-5,8-9H,2-3,6-7H2,1H3,(H,14,15). The molecule has 0 spiro atoms. The van der Waals surface area contributed by atoms with Gasteiger partial charge in [-0.3, -0.25) is 0 Å². The lowest BCUT2D eigenvalue weighted by Gasteiger charge is -2.17. The zero-order valence-electron chi connectivity index (χ0n) is 9.32. The Hall–Kier alpha value is -0.870. The molecule has 0 saturated carbocycles. The topological polar surface area (TPSA) is 47.0 Å². The third kappa shape index (κ3) is 2.62. The summed E-state index contributed by atoms with van der Waals surface area (Å²) >= 11 is 5.91. The Morgan fingerprint density at radius 3 is 3.06 bits per heavy atom. The van der Waals surface area contributed by atoms with Crippen molar-refractivity contribution < 1.29 is 4.74 Å². The van der Waals surface area contributed by atoms with Gasteiger partial charge in [0, 0.05) is 31.5 Å². The Morgan fingerprint density at radius 2 is 2.31 bits per heavy atom. The molecule has 1 N–H and O–H groups in total. The van der Waals surface area contributed by atoms with E-state index >= 15 is 0 Å². The fourth-order valence-electron chi connectivity index (χ4n) is 2.04. The lowest BCUT2D eigenvalue weighted by molar-refractivity contribution is 0.0900. The SMILES string of the molecule is CCC1OCCC1CNc1nccnc1Cl. The molecule has 1 fully saturated rings. The molecule has 2 unspecified atom stereocenters. The van der Waals surface area contributed by atoms with Crippen LogP contribution in [0.25, 0.3) is 0 Å². The molecule has 1 aromatic heterocycles. The highest BCUT2D eigenvalue weighted by Crippen LogP contribution is 2.24. The molecule has 0 aliphatic carbocycles. The lowest BCUT2D eigenvalue weighted by Crippen LogP contribution is -2.23. The Bertz CT molecular complexity index is 348. The fourth-order valence-corrected chi connectivity index (χ4v) is 2.22. The van der Waals surface area contributed by atoms with Gasteiger partial charge in [-0.25, -0.2) is 9.97 Å². The average Bonchev–Trinajstić information content (AvgIpc) is 2.75. The molecule has 2 rings (SSSR count). The Morgan fingerprint density at radius 1 is 1.50 bits per heavy atom. The molecule has 16 heavy (non-hydrogen) atoms. The normalized spacial score (nSPS) is 24.6. The maximum Gasteiger partial charge on any atom is 0.171 e. The molecule has 1 saturated heterocycles. The van der Waals surface area contributed by atoms with Crippen LogP contribution in [0.15, 0.2) is 12.4 Å². The zero-order valence-corrected chi connectivity index (χ0v) is 10.1. The van der Waals surface area contributed by atoms with Crippen molar-refractivity contribution in [3.8, 4) is 0 Å². The summed E-state index contributed by atoms with van der Waals surface area (Å²) in [7, 11) is 0. The number of ether oxygens (including phenoxy) is 1. The van der Waals surface area contributed by atoms with E-state index in [1.165, 1.54) is 0 Å². The predicted octanol–water partition coefficient (Wildman–Crippen LogP) is 2.36. The second kappa shape index (κ2) is 5.46. The van der Waals surface area contributed by atoms with Crippen LogP contribution in [-0.2, 0) is 4.74 Å². The molecule has 5 heteroatoms. The first-order valence-corrected chi connectivity index (χ1v) is 6.01. The van der Waals surface area contributed by atoms with Gasteiger partial charge in [0.1, 0.15) is 0 Å². The van der Waals surface area contributed by atoms with E-state index in [0.29, 0.717) is 23.0 Å². The minimum absolute atomic E-state index is 0.364. The van der Waals surface area contributed by atoms with Gasteiger partial charge in [0.25, 0.3) is 0 Å². The van der Waals surface area contributed by atoms with Crippen LogP contribution in [0.3, 0.4) is 0 Å². The van der Waals surface area contributed by atoms with Crippen LogP contribution >= 0.6 is 11.6 Å². The summed E-state index contributed by atoms with van der Waals surface area (Å²) < 4.78 is 5.62. The molecule has 1 aromatic rings. The highest BCUT2D eigenvalue weighted by molar-refractivity contribution is 6.31. The molecule has 4 nitrogen and oxygen atoms in total. The summed E-state index contributed by atoms with van der Waals surface area (Å²) in [6.07, 6.45) is 5.74. The summed E-state index contributed by atoms with van der Waals surface area (Å²) in [6.45, 7) is 3.86. The number of anilines is 1. The highest BCUT2D eigenvalue weighted by Gasteiger charge is 2.26. The number of rotatable bonds is 4. The van der Waals surface area contributed by atoms with E-state index < -0.39 is 0 Å². The first kappa shape index (κ1) is 11.6. The van der Waals surface area contributed by atoms with Crippen molar-refractivity contribution in [3.05, 3.63) is 17.5 Å². The van der Waals surface area contributed by atoms with E-state index in [9.17, 15) is 0 Å². The third-order valence-electron chi connectivity index (χ3n) is 2.93. The molecule has 0 bridgehead atoms. The summed E-state index contributed by atoms with van der Waals surface area (Å²) in [5.41, 5.74) is 0. The molecule has 88 valence electrons. The molecule has 2 atom stereocenters. The quantitative estimate of drug-likeness (QED) is 0.879. The molecule has 0 aromatic carbocycles. The first-order valence-electron chi connectivity index (χ1n) is 5.63. The maximum atomic E-state index is 5.91. The van der Waals surface area contributed by atoms with Crippen LogP contribution in [-0.4, -0.2) is 29.2 Å². The number of halogens is 1. The van der Waals surface area contributed by atoms with Gasteiger partial charge in [0.05, 0.1) is 6.10 Å². The van der Waals surface area contributed by atoms with Gasteiger partial charge >= 0.3 is 0 Å². The number of aromatic nitrogens is 2. The smallest absolute Gasteiger partial charge is 0.171 e. The van der Waals surface area contributed by atoms with Gasteiger partial charge in [-0.1, -0.05) is 18.5 Å². The minimum atomic E-state index is 0.364. The van der Waals surface area contributed by atoms with Crippen molar-refractivity contribution in [1.82, 2.24) is 9.97 Å². The summed E-state index contributed by atoms with van der Waals surface area (Å²) in [6, 6.07) is 0. The van der Waals surface area contributed by atoms with Crippen molar-refractivity contribution in [2.45, 2.75) is 25.9 Å². The van der Waals surface area contributed by atoms with E-state index in [1.54, 1.807) is 12.4 Å². The lowest BCUT2D eigenvalue weighted by atomic mass is 10.00. The van der Waals surface area contributed by atoms with Crippen LogP contribution in [0.4, 0.5) is 5.82 Å². The monoisotopic (exact) mass is 241 g/mol.